The minimum atomic E-state index is -1.05. The van der Waals surface area contributed by atoms with E-state index in [1.807, 2.05) is 0 Å². The van der Waals surface area contributed by atoms with Gasteiger partial charge in [-0.15, -0.1) is 0 Å². The van der Waals surface area contributed by atoms with Gasteiger partial charge in [0.2, 0.25) is 11.8 Å². The monoisotopic (exact) mass is 476 g/mol. The van der Waals surface area contributed by atoms with Crippen molar-refractivity contribution in [1.82, 2.24) is 20.1 Å². The van der Waals surface area contributed by atoms with Crippen molar-refractivity contribution in [1.29, 1.82) is 0 Å². The number of pyridine rings is 1. The highest BCUT2D eigenvalue weighted by Gasteiger charge is 2.41. The second kappa shape index (κ2) is 8.51. The van der Waals surface area contributed by atoms with E-state index >= 15 is 0 Å². The maximum atomic E-state index is 12.9. The molecule has 6 rings (SSSR count). The van der Waals surface area contributed by atoms with Crippen LogP contribution in [-0.4, -0.2) is 56.7 Å². The summed E-state index contributed by atoms with van der Waals surface area (Å²) in [5.41, 5.74) is 4.33. The van der Waals surface area contributed by atoms with Crippen LogP contribution in [0.25, 0.3) is 0 Å². The first kappa shape index (κ1) is 22.3. The molecule has 0 aliphatic carbocycles. The Morgan fingerprint density at radius 1 is 1.09 bits per heavy atom. The molecule has 1 unspecified atom stereocenters. The maximum absolute atomic E-state index is 12.9. The summed E-state index contributed by atoms with van der Waals surface area (Å²) in [6.07, 6.45) is 1.63. The predicted octanol–water partition coefficient (Wildman–Crippen LogP) is 1.36. The Kier molecular flexibility index (Phi) is 5.43. The van der Waals surface area contributed by atoms with Gasteiger partial charge in [0, 0.05) is 26.1 Å². The van der Waals surface area contributed by atoms with Gasteiger partial charge in [-0.2, -0.15) is 0 Å². The third-order valence-electron chi connectivity index (χ3n) is 7.72. The van der Waals surface area contributed by atoms with Crippen LogP contribution in [-0.2, 0) is 46.2 Å². The highest BCUT2D eigenvalue weighted by Crippen LogP contribution is 2.35. The van der Waals surface area contributed by atoms with Gasteiger partial charge in [-0.3, -0.25) is 29.6 Å². The number of carbonyl (C=O) groups is 3. The van der Waals surface area contributed by atoms with Gasteiger partial charge in [-0.1, -0.05) is 18.2 Å². The van der Waals surface area contributed by atoms with Crippen LogP contribution in [0.5, 0.6) is 0 Å². The van der Waals surface area contributed by atoms with Crippen molar-refractivity contribution in [2.24, 2.45) is 0 Å². The Morgan fingerprint density at radius 3 is 2.69 bits per heavy atom. The topological polar surface area (TPSA) is 112 Å². The second-order valence-corrected chi connectivity index (χ2v) is 9.99. The van der Waals surface area contributed by atoms with Gasteiger partial charge in [0.05, 0.1) is 36.7 Å². The van der Waals surface area contributed by atoms with Crippen molar-refractivity contribution in [3.8, 4) is 0 Å². The number of rotatable bonds is 4. The van der Waals surface area contributed by atoms with Gasteiger partial charge in [0.1, 0.15) is 11.6 Å². The summed E-state index contributed by atoms with van der Waals surface area (Å²) in [7, 11) is 0. The average Bonchev–Trinajstić information content (AvgIpc) is 3.44. The van der Waals surface area contributed by atoms with E-state index in [9.17, 15) is 19.5 Å². The number of ether oxygens (including phenoxy) is 1. The highest BCUT2D eigenvalue weighted by molar-refractivity contribution is 6.05. The largest absolute Gasteiger partial charge is 0.383 e. The number of hydrogen-bond donors (Lipinski definition) is 2. The predicted molar refractivity (Wildman–Crippen MR) is 124 cm³/mol. The standard InChI is InChI=1S/C26H28N4O5/c31-23-6-4-21(24(32)28-23)30-13-20-19(25(30)33)3-5-22(27-20)26(34)7-9-29(10-8-26)12-16-1-2-17-14-35-15-18(17)11-16/h1-3,5,11,21,34H,4,6-10,12-15H2,(H,28,31,32). The summed E-state index contributed by atoms with van der Waals surface area (Å²) in [5, 5.41) is 13.7. The van der Waals surface area contributed by atoms with Crippen LogP contribution in [0.1, 0.15) is 64.1 Å². The number of nitrogens with zero attached hydrogens (tertiary/aromatic N) is 3. The quantitative estimate of drug-likeness (QED) is 0.641. The number of benzene rings is 1. The molecule has 35 heavy (non-hydrogen) atoms. The zero-order valence-corrected chi connectivity index (χ0v) is 19.5. The summed E-state index contributed by atoms with van der Waals surface area (Å²) >= 11 is 0. The molecule has 0 saturated carbocycles. The molecule has 4 aliphatic heterocycles. The van der Waals surface area contributed by atoms with Crippen LogP contribution < -0.4 is 5.32 Å². The van der Waals surface area contributed by atoms with E-state index in [0.29, 0.717) is 49.4 Å². The van der Waals surface area contributed by atoms with E-state index in [2.05, 4.69) is 33.4 Å². The fourth-order valence-electron chi connectivity index (χ4n) is 5.61. The molecule has 1 aromatic heterocycles. The lowest BCUT2D eigenvalue weighted by atomic mass is 9.87. The third kappa shape index (κ3) is 4.03. The van der Waals surface area contributed by atoms with E-state index < -0.39 is 17.6 Å². The van der Waals surface area contributed by atoms with Gasteiger partial charge in [-0.25, -0.2) is 0 Å². The van der Waals surface area contributed by atoms with Crippen molar-refractivity contribution in [2.45, 2.75) is 63.6 Å². The van der Waals surface area contributed by atoms with Crippen molar-refractivity contribution < 1.29 is 24.2 Å². The second-order valence-electron chi connectivity index (χ2n) is 9.99. The van der Waals surface area contributed by atoms with Gasteiger partial charge in [0.15, 0.2) is 0 Å². The Hall–Kier alpha value is -3.14. The lowest BCUT2D eigenvalue weighted by Crippen LogP contribution is -2.52. The van der Waals surface area contributed by atoms with Crippen LogP contribution in [0.2, 0.25) is 0 Å². The normalized spacial score (nSPS) is 23.9. The number of carbonyl (C=O) groups excluding carboxylic acids is 3. The summed E-state index contributed by atoms with van der Waals surface area (Å²) in [6.45, 7) is 3.89. The number of aromatic nitrogens is 1. The molecule has 5 heterocycles. The minimum Gasteiger partial charge on any atom is -0.383 e. The smallest absolute Gasteiger partial charge is 0.256 e. The molecule has 9 heteroatoms. The first-order valence-electron chi connectivity index (χ1n) is 12.2. The van der Waals surface area contributed by atoms with E-state index in [1.165, 1.54) is 21.6 Å². The third-order valence-corrected chi connectivity index (χ3v) is 7.72. The lowest BCUT2D eigenvalue weighted by Gasteiger charge is -2.38. The minimum absolute atomic E-state index is 0.207. The molecule has 1 aromatic carbocycles. The molecule has 2 saturated heterocycles. The summed E-state index contributed by atoms with van der Waals surface area (Å²) in [5.74, 6) is -1.01. The number of imide groups is 1. The van der Waals surface area contributed by atoms with Crippen molar-refractivity contribution in [2.75, 3.05) is 13.1 Å². The van der Waals surface area contributed by atoms with Gasteiger partial charge in [-0.05, 0) is 48.1 Å². The number of nitrogens with one attached hydrogen (secondary N) is 1. The molecule has 2 fully saturated rings. The van der Waals surface area contributed by atoms with E-state index in [-0.39, 0.29) is 24.8 Å². The number of likely N-dealkylation sites (tertiary alicyclic amines) is 1. The zero-order chi connectivity index (χ0) is 24.2. The Balaban J connectivity index is 1.12. The molecular formula is C26H28N4O5. The Labute approximate surface area is 203 Å². The summed E-state index contributed by atoms with van der Waals surface area (Å²) < 4.78 is 5.51. The van der Waals surface area contributed by atoms with E-state index in [1.54, 1.807) is 12.1 Å². The van der Waals surface area contributed by atoms with Crippen molar-refractivity contribution in [3.05, 3.63) is 64.0 Å². The van der Waals surface area contributed by atoms with Crippen LogP contribution in [0.3, 0.4) is 0 Å². The van der Waals surface area contributed by atoms with Crippen molar-refractivity contribution >= 4 is 17.7 Å². The van der Waals surface area contributed by atoms with E-state index in [4.69, 9.17) is 4.74 Å². The summed E-state index contributed by atoms with van der Waals surface area (Å²) in [6, 6.07) is 9.29. The van der Waals surface area contributed by atoms with Gasteiger partial charge in [0.25, 0.3) is 5.91 Å². The number of aliphatic hydroxyl groups is 1. The van der Waals surface area contributed by atoms with Crippen LogP contribution in [0.15, 0.2) is 30.3 Å². The highest BCUT2D eigenvalue weighted by atomic mass is 16.5. The SMILES string of the molecule is O=C1CCC(N2Cc3nc(C4(O)CCN(Cc5ccc6c(c5)COC6)CC4)ccc3C2=O)C(=O)N1. The first-order valence-corrected chi connectivity index (χ1v) is 12.2. The van der Waals surface area contributed by atoms with Crippen LogP contribution >= 0.6 is 0 Å². The lowest BCUT2D eigenvalue weighted by molar-refractivity contribution is -0.136. The van der Waals surface area contributed by atoms with E-state index in [0.717, 1.165) is 19.6 Å². The summed E-state index contributed by atoms with van der Waals surface area (Å²) in [4.78, 5) is 45.2. The fraction of sp³-hybridized carbons (Fsp3) is 0.462. The molecule has 182 valence electrons. The van der Waals surface area contributed by atoms with Gasteiger partial charge >= 0.3 is 0 Å². The molecule has 0 radical (unpaired) electrons. The Bertz CT molecular complexity index is 1220. The molecule has 3 amide bonds. The number of fused-ring (bicyclic) bond motifs is 2. The number of hydrogen-bond acceptors (Lipinski definition) is 7. The molecule has 0 spiro atoms. The van der Waals surface area contributed by atoms with Crippen LogP contribution in [0.4, 0.5) is 0 Å². The van der Waals surface area contributed by atoms with Gasteiger partial charge < -0.3 is 14.7 Å². The fourth-order valence-corrected chi connectivity index (χ4v) is 5.61. The number of amides is 3. The molecule has 0 bridgehead atoms. The Morgan fingerprint density at radius 2 is 1.89 bits per heavy atom. The zero-order valence-electron chi connectivity index (χ0n) is 19.5. The molecule has 4 aliphatic rings. The molecular weight excluding hydrogens is 448 g/mol. The van der Waals surface area contributed by atoms with Crippen LogP contribution in [0, 0.1) is 0 Å². The molecule has 9 nitrogen and oxygen atoms in total. The average molecular weight is 477 g/mol. The molecule has 2 aromatic rings. The number of piperidine rings is 2. The molecule has 2 N–H and O–H groups in total. The first-order chi connectivity index (χ1) is 16.9. The maximum Gasteiger partial charge on any atom is 0.256 e. The molecule has 1 atom stereocenters. The van der Waals surface area contributed by atoms with Crippen molar-refractivity contribution in [3.63, 3.8) is 0 Å².